The minimum Gasteiger partial charge on any atom is -0.294 e. The molecule has 0 saturated heterocycles. The van der Waals surface area contributed by atoms with E-state index in [2.05, 4.69) is 11.8 Å². The molecule has 5 aliphatic rings. The summed E-state index contributed by atoms with van der Waals surface area (Å²) in [6.45, 7) is 2.48. The lowest BCUT2D eigenvalue weighted by Gasteiger charge is -2.50. The first-order valence-electron chi connectivity index (χ1n) is 15.6. The fourth-order valence-corrected chi connectivity index (χ4v) is 9.38. The monoisotopic (exact) mass is 441 g/mol. The summed E-state index contributed by atoms with van der Waals surface area (Å²) in [6.07, 6.45) is 33.8. The van der Waals surface area contributed by atoms with E-state index in [0.717, 1.165) is 47.7 Å². The van der Waals surface area contributed by atoms with Gasteiger partial charge in [0.2, 0.25) is 0 Å². The molecule has 0 bridgehead atoms. The molecule has 0 atom stereocenters. The van der Waals surface area contributed by atoms with Crippen LogP contribution in [0.3, 0.4) is 0 Å². The van der Waals surface area contributed by atoms with Crippen LogP contribution in [0.1, 0.15) is 148 Å². The van der Waals surface area contributed by atoms with Crippen LogP contribution in [-0.4, -0.2) is 23.0 Å². The van der Waals surface area contributed by atoms with Gasteiger partial charge in [0.25, 0.3) is 0 Å². The zero-order valence-electron chi connectivity index (χ0n) is 21.6. The van der Waals surface area contributed by atoms with Crippen LogP contribution in [0.25, 0.3) is 0 Å². The van der Waals surface area contributed by atoms with Crippen LogP contribution < -0.4 is 0 Å². The lowest BCUT2D eigenvalue weighted by molar-refractivity contribution is -0.00217. The van der Waals surface area contributed by atoms with E-state index in [9.17, 15) is 0 Å². The van der Waals surface area contributed by atoms with Gasteiger partial charge in [0.15, 0.2) is 0 Å². The normalized spacial score (nSPS) is 41.1. The van der Waals surface area contributed by atoms with Gasteiger partial charge in [-0.3, -0.25) is 4.90 Å². The smallest absolute Gasteiger partial charge is 0.0101 e. The Morgan fingerprint density at radius 3 is 1.16 bits per heavy atom. The van der Waals surface area contributed by atoms with E-state index in [4.69, 9.17) is 0 Å². The third-order valence-electron chi connectivity index (χ3n) is 11.4. The zero-order valence-corrected chi connectivity index (χ0v) is 21.6. The van der Waals surface area contributed by atoms with Crippen LogP contribution in [0.2, 0.25) is 0 Å². The largest absolute Gasteiger partial charge is 0.294 e. The molecule has 0 spiro atoms. The van der Waals surface area contributed by atoms with Gasteiger partial charge in [0, 0.05) is 18.1 Å². The molecule has 0 N–H and O–H groups in total. The maximum atomic E-state index is 3.22. The second-order valence-electron chi connectivity index (χ2n) is 13.3. The van der Waals surface area contributed by atoms with Crippen molar-refractivity contribution >= 4 is 0 Å². The molecule has 5 saturated carbocycles. The summed E-state index contributed by atoms with van der Waals surface area (Å²) in [7, 11) is 0. The Bertz CT molecular complexity index is 521. The lowest BCUT2D eigenvalue weighted by atomic mass is 9.69. The Hall–Kier alpha value is -0.0400. The molecular weight excluding hydrogens is 386 g/mol. The Kier molecular flexibility index (Phi) is 8.58. The summed E-state index contributed by atoms with van der Waals surface area (Å²) < 4.78 is 0. The topological polar surface area (TPSA) is 3.24 Å². The van der Waals surface area contributed by atoms with E-state index in [-0.39, 0.29) is 0 Å². The molecule has 0 aliphatic heterocycles. The van der Waals surface area contributed by atoms with E-state index in [0.29, 0.717) is 0 Å². The van der Waals surface area contributed by atoms with E-state index in [1.54, 1.807) is 51.4 Å². The third-order valence-corrected chi connectivity index (χ3v) is 11.4. The van der Waals surface area contributed by atoms with Crippen LogP contribution in [0.4, 0.5) is 0 Å². The van der Waals surface area contributed by atoms with Crippen molar-refractivity contribution in [3.63, 3.8) is 0 Å². The highest BCUT2D eigenvalue weighted by Crippen LogP contribution is 2.45. The van der Waals surface area contributed by atoms with Gasteiger partial charge in [-0.15, -0.1) is 0 Å². The van der Waals surface area contributed by atoms with Crippen LogP contribution >= 0.6 is 0 Å². The van der Waals surface area contributed by atoms with Crippen LogP contribution in [-0.2, 0) is 0 Å². The molecule has 1 heteroatoms. The predicted molar refractivity (Wildman–Crippen MR) is 138 cm³/mol. The molecular formula is C31H55N. The fourth-order valence-electron chi connectivity index (χ4n) is 9.38. The Labute approximate surface area is 200 Å². The summed E-state index contributed by atoms with van der Waals surface area (Å²) in [6, 6.07) is 2.82. The molecule has 1 nitrogen and oxygen atoms in total. The standard InChI is InChI=1S/C31H55N/c1-24-12-14-26(15-13-24)28-18-22-31(23-19-28)32(29-10-6-3-7-11-29)30-20-16-27(17-21-30)25-8-4-2-5-9-25/h24-31H,2-23H2,1H3. The minimum absolute atomic E-state index is 0.938. The fraction of sp³-hybridized carbons (Fsp3) is 1.00. The molecule has 184 valence electrons. The van der Waals surface area contributed by atoms with Crippen LogP contribution in [0.15, 0.2) is 0 Å². The van der Waals surface area contributed by atoms with Gasteiger partial charge >= 0.3 is 0 Å². The highest BCUT2D eigenvalue weighted by atomic mass is 15.2. The second kappa shape index (κ2) is 11.6. The Morgan fingerprint density at radius 2 is 0.688 bits per heavy atom. The SMILES string of the molecule is CC1CCC(C2CCC(N(C3CCCCC3)C3CCC(C4CCCCC4)CC3)CC2)CC1. The van der Waals surface area contributed by atoms with Gasteiger partial charge in [-0.2, -0.15) is 0 Å². The van der Waals surface area contributed by atoms with E-state index in [1.807, 2.05) is 0 Å². The van der Waals surface area contributed by atoms with E-state index < -0.39 is 0 Å². The molecule has 5 aliphatic carbocycles. The molecule has 0 aromatic rings. The number of hydrogen-bond acceptors (Lipinski definition) is 1. The molecule has 0 unspecified atom stereocenters. The van der Waals surface area contributed by atoms with Crippen molar-refractivity contribution < 1.29 is 0 Å². The predicted octanol–water partition coefficient (Wildman–Crippen LogP) is 9.15. The maximum Gasteiger partial charge on any atom is 0.0101 e. The van der Waals surface area contributed by atoms with Gasteiger partial charge in [0.05, 0.1) is 0 Å². The molecule has 32 heavy (non-hydrogen) atoms. The summed E-state index contributed by atoms with van der Waals surface area (Å²) in [5.74, 6) is 5.36. The third kappa shape index (κ3) is 5.78. The second-order valence-corrected chi connectivity index (χ2v) is 13.3. The quantitative estimate of drug-likeness (QED) is 0.411. The highest BCUT2D eigenvalue weighted by Gasteiger charge is 2.39. The Balaban J connectivity index is 1.17. The summed E-state index contributed by atoms with van der Waals surface area (Å²) >= 11 is 0. The molecule has 0 heterocycles. The number of rotatable bonds is 5. The molecule has 0 amide bonds. The molecule has 5 rings (SSSR count). The highest BCUT2D eigenvalue weighted by molar-refractivity contribution is 4.93. The maximum absolute atomic E-state index is 3.22. The van der Waals surface area contributed by atoms with Gasteiger partial charge in [-0.05, 0) is 107 Å². The van der Waals surface area contributed by atoms with Gasteiger partial charge < -0.3 is 0 Å². The average Bonchev–Trinajstić information content (AvgIpc) is 2.87. The summed E-state index contributed by atoms with van der Waals surface area (Å²) in [5, 5.41) is 0. The van der Waals surface area contributed by atoms with Crippen LogP contribution in [0, 0.1) is 29.6 Å². The molecule has 0 aromatic heterocycles. The van der Waals surface area contributed by atoms with E-state index in [1.165, 1.54) is 89.9 Å². The van der Waals surface area contributed by atoms with Crippen molar-refractivity contribution in [2.24, 2.45) is 29.6 Å². The van der Waals surface area contributed by atoms with Crippen molar-refractivity contribution in [2.75, 3.05) is 0 Å². The van der Waals surface area contributed by atoms with Gasteiger partial charge in [0.1, 0.15) is 0 Å². The molecule has 5 fully saturated rings. The molecule has 0 radical (unpaired) electrons. The van der Waals surface area contributed by atoms with Gasteiger partial charge in [-0.25, -0.2) is 0 Å². The first kappa shape index (κ1) is 23.7. The van der Waals surface area contributed by atoms with Crippen LogP contribution in [0.5, 0.6) is 0 Å². The lowest BCUT2D eigenvalue weighted by Crippen LogP contribution is -2.52. The first-order chi connectivity index (χ1) is 15.8. The van der Waals surface area contributed by atoms with Crippen molar-refractivity contribution in [3.05, 3.63) is 0 Å². The van der Waals surface area contributed by atoms with Crippen molar-refractivity contribution in [3.8, 4) is 0 Å². The van der Waals surface area contributed by atoms with Crippen molar-refractivity contribution in [2.45, 2.75) is 166 Å². The van der Waals surface area contributed by atoms with Gasteiger partial charge in [-0.1, -0.05) is 71.1 Å². The first-order valence-corrected chi connectivity index (χ1v) is 15.6. The van der Waals surface area contributed by atoms with Crippen molar-refractivity contribution in [1.29, 1.82) is 0 Å². The summed E-state index contributed by atoms with van der Waals surface area (Å²) in [4.78, 5) is 3.22. The number of nitrogens with zero attached hydrogens (tertiary/aromatic N) is 1. The summed E-state index contributed by atoms with van der Waals surface area (Å²) in [5.41, 5.74) is 0. The minimum atomic E-state index is 0.938. The Morgan fingerprint density at radius 1 is 0.344 bits per heavy atom. The average molecular weight is 442 g/mol. The molecule has 0 aromatic carbocycles. The number of hydrogen-bond donors (Lipinski definition) is 0. The van der Waals surface area contributed by atoms with Crippen molar-refractivity contribution in [1.82, 2.24) is 4.90 Å². The zero-order chi connectivity index (χ0) is 21.8. The van der Waals surface area contributed by atoms with E-state index >= 15 is 0 Å².